The van der Waals surface area contributed by atoms with Gasteiger partial charge < -0.3 is 10.6 Å². The molecule has 2 N–H and O–H groups in total. The van der Waals surface area contributed by atoms with Crippen LogP contribution >= 0.6 is 0 Å². The van der Waals surface area contributed by atoms with E-state index in [-0.39, 0.29) is 5.91 Å². The first-order valence-electron chi connectivity index (χ1n) is 9.59. The van der Waals surface area contributed by atoms with Gasteiger partial charge in [0, 0.05) is 29.0 Å². The lowest BCUT2D eigenvalue weighted by molar-refractivity contribution is 0.102. The fourth-order valence-electron chi connectivity index (χ4n) is 3.29. The number of amides is 1. The number of hydrogen-bond donors (Lipinski definition) is 2. The molecule has 2 aromatic heterocycles. The van der Waals surface area contributed by atoms with Crippen LogP contribution in [0, 0.1) is 0 Å². The average molecular weight is 382 g/mol. The Morgan fingerprint density at radius 3 is 2.52 bits per heavy atom. The molecule has 0 bridgehead atoms. The monoisotopic (exact) mass is 382 g/mol. The second-order valence-electron chi connectivity index (χ2n) is 7.13. The van der Waals surface area contributed by atoms with Crippen LogP contribution in [-0.2, 0) is 0 Å². The number of benzene rings is 2. The fourth-order valence-corrected chi connectivity index (χ4v) is 3.29. The van der Waals surface area contributed by atoms with E-state index in [1.54, 1.807) is 24.5 Å². The number of fused-ring (bicyclic) bond motifs is 1. The van der Waals surface area contributed by atoms with Crippen molar-refractivity contribution in [3.63, 3.8) is 0 Å². The van der Waals surface area contributed by atoms with E-state index in [4.69, 9.17) is 0 Å². The van der Waals surface area contributed by atoms with Gasteiger partial charge in [0.2, 0.25) is 0 Å². The molecule has 4 aromatic rings. The maximum atomic E-state index is 12.8. The summed E-state index contributed by atoms with van der Waals surface area (Å²) in [6.07, 6.45) is 3.36. The maximum absolute atomic E-state index is 12.8. The summed E-state index contributed by atoms with van der Waals surface area (Å²) in [5.41, 5.74) is 4.17. The second kappa shape index (κ2) is 8.10. The Kier molecular flexibility index (Phi) is 5.20. The highest BCUT2D eigenvalue weighted by molar-refractivity contribution is 6.08. The summed E-state index contributed by atoms with van der Waals surface area (Å²) in [6, 6.07) is 21.2. The Morgan fingerprint density at radius 1 is 0.862 bits per heavy atom. The van der Waals surface area contributed by atoms with E-state index >= 15 is 0 Å². The maximum Gasteiger partial charge on any atom is 0.255 e. The third-order valence-electron chi connectivity index (χ3n) is 4.75. The Morgan fingerprint density at radius 2 is 1.66 bits per heavy atom. The number of carbonyl (C=O) groups is 1. The van der Waals surface area contributed by atoms with Crippen LogP contribution in [0.25, 0.3) is 10.9 Å². The third-order valence-corrected chi connectivity index (χ3v) is 4.75. The van der Waals surface area contributed by atoms with Crippen molar-refractivity contribution in [2.24, 2.45) is 0 Å². The smallest absolute Gasteiger partial charge is 0.255 e. The van der Waals surface area contributed by atoms with E-state index in [9.17, 15) is 4.79 Å². The molecule has 0 aliphatic carbocycles. The number of hydrogen-bond acceptors (Lipinski definition) is 4. The number of pyridine rings is 2. The minimum absolute atomic E-state index is 0.203. The van der Waals surface area contributed by atoms with Gasteiger partial charge in [-0.15, -0.1) is 0 Å². The SMILES string of the molecule is CC(C)c1ccccc1Nc1cc(C(=O)Nc2cccc3cccnc23)ccn1. The summed E-state index contributed by atoms with van der Waals surface area (Å²) >= 11 is 0. The van der Waals surface area contributed by atoms with Crippen molar-refractivity contribution in [1.29, 1.82) is 0 Å². The predicted octanol–water partition coefficient (Wildman–Crippen LogP) is 5.75. The second-order valence-corrected chi connectivity index (χ2v) is 7.13. The van der Waals surface area contributed by atoms with E-state index in [0.717, 1.165) is 16.6 Å². The first-order valence-corrected chi connectivity index (χ1v) is 9.59. The summed E-state index contributed by atoms with van der Waals surface area (Å²) in [7, 11) is 0. The normalized spacial score (nSPS) is 10.9. The topological polar surface area (TPSA) is 66.9 Å². The van der Waals surface area contributed by atoms with Gasteiger partial charge in [-0.25, -0.2) is 4.98 Å². The van der Waals surface area contributed by atoms with Crippen LogP contribution in [0.2, 0.25) is 0 Å². The van der Waals surface area contributed by atoms with Gasteiger partial charge in [-0.2, -0.15) is 0 Å². The van der Waals surface area contributed by atoms with Crippen LogP contribution in [0.5, 0.6) is 0 Å². The summed E-state index contributed by atoms with van der Waals surface area (Å²) < 4.78 is 0. The van der Waals surface area contributed by atoms with Crippen molar-refractivity contribution in [2.75, 3.05) is 10.6 Å². The van der Waals surface area contributed by atoms with Crippen molar-refractivity contribution in [2.45, 2.75) is 19.8 Å². The molecule has 0 aliphatic heterocycles. The van der Waals surface area contributed by atoms with Gasteiger partial charge in [0.05, 0.1) is 11.2 Å². The van der Waals surface area contributed by atoms with Crippen LogP contribution in [0.1, 0.15) is 35.7 Å². The fraction of sp³-hybridized carbons (Fsp3) is 0.125. The molecule has 2 aromatic carbocycles. The average Bonchev–Trinajstić information content (AvgIpc) is 2.74. The minimum Gasteiger partial charge on any atom is -0.340 e. The number of para-hydroxylation sites is 2. The predicted molar refractivity (Wildman–Crippen MR) is 118 cm³/mol. The lowest BCUT2D eigenvalue weighted by Gasteiger charge is -2.14. The minimum atomic E-state index is -0.203. The Bertz CT molecular complexity index is 1160. The van der Waals surface area contributed by atoms with Gasteiger partial charge in [0.1, 0.15) is 5.82 Å². The van der Waals surface area contributed by atoms with E-state index in [0.29, 0.717) is 23.0 Å². The molecule has 2 heterocycles. The molecular formula is C24H22N4O. The summed E-state index contributed by atoms with van der Waals surface area (Å²) in [4.78, 5) is 21.6. The van der Waals surface area contributed by atoms with Crippen LogP contribution in [-0.4, -0.2) is 15.9 Å². The lowest BCUT2D eigenvalue weighted by atomic mass is 10.0. The standard InChI is InChI=1S/C24H22N4O/c1-16(2)19-9-3-4-10-20(19)27-22-15-18(12-14-25-22)24(29)28-21-11-5-7-17-8-6-13-26-23(17)21/h3-16H,1-2H3,(H,25,27)(H,28,29). The van der Waals surface area contributed by atoms with Crippen molar-refractivity contribution < 1.29 is 4.79 Å². The molecule has 0 radical (unpaired) electrons. The van der Waals surface area contributed by atoms with Crippen LogP contribution < -0.4 is 10.6 Å². The third kappa shape index (κ3) is 4.09. The molecule has 1 amide bonds. The van der Waals surface area contributed by atoms with Crippen molar-refractivity contribution in [3.05, 3.63) is 90.3 Å². The Balaban J connectivity index is 1.58. The van der Waals surface area contributed by atoms with Crippen molar-refractivity contribution >= 4 is 34.0 Å². The first kappa shape index (κ1) is 18.6. The van der Waals surface area contributed by atoms with E-state index in [2.05, 4.69) is 40.5 Å². The Hall–Kier alpha value is -3.73. The van der Waals surface area contributed by atoms with Gasteiger partial charge in [0.15, 0.2) is 0 Å². The number of nitrogens with one attached hydrogen (secondary N) is 2. The quantitative estimate of drug-likeness (QED) is 0.461. The molecule has 0 fully saturated rings. The molecule has 5 heteroatoms. The number of carbonyl (C=O) groups excluding carboxylic acids is 1. The molecule has 4 rings (SSSR count). The van der Waals surface area contributed by atoms with Crippen LogP contribution in [0.15, 0.2) is 79.1 Å². The van der Waals surface area contributed by atoms with Gasteiger partial charge in [-0.05, 0) is 41.8 Å². The molecule has 0 unspecified atom stereocenters. The molecule has 0 saturated carbocycles. The van der Waals surface area contributed by atoms with E-state index < -0.39 is 0 Å². The zero-order chi connectivity index (χ0) is 20.2. The molecule has 0 aliphatic rings. The highest BCUT2D eigenvalue weighted by atomic mass is 16.1. The molecule has 0 saturated heterocycles. The van der Waals surface area contributed by atoms with Gasteiger partial charge in [0.25, 0.3) is 5.91 Å². The summed E-state index contributed by atoms with van der Waals surface area (Å²) in [6.45, 7) is 4.30. The van der Waals surface area contributed by atoms with Gasteiger partial charge in [-0.1, -0.05) is 50.2 Å². The van der Waals surface area contributed by atoms with Gasteiger partial charge in [-0.3, -0.25) is 9.78 Å². The largest absolute Gasteiger partial charge is 0.340 e. The molecular weight excluding hydrogens is 360 g/mol. The highest BCUT2D eigenvalue weighted by Gasteiger charge is 2.11. The van der Waals surface area contributed by atoms with E-state index in [1.807, 2.05) is 48.5 Å². The van der Waals surface area contributed by atoms with Crippen molar-refractivity contribution in [1.82, 2.24) is 9.97 Å². The van der Waals surface area contributed by atoms with Crippen LogP contribution in [0.3, 0.4) is 0 Å². The number of rotatable bonds is 5. The number of nitrogens with zero attached hydrogens (tertiary/aromatic N) is 2. The summed E-state index contributed by atoms with van der Waals surface area (Å²) in [5, 5.41) is 7.28. The van der Waals surface area contributed by atoms with Crippen molar-refractivity contribution in [3.8, 4) is 0 Å². The van der Waals surface area contributed by atoms with Gasteiger partial charge >= 0.3 is 0 Å². The zero-order valence-corrected chi connectivity index (χ0v) is 16.4. The van der Waals surface area contributed by atoms with E-state index in [1.165, 1.54) is 5.56 Å². The molecule has 29 heavy (non-hydrogen) atoms. The lowest BCUT2D eigenvalue weighted by Crippen LogP contribution is -2.13. The summed E-state index contributed by atoms with van der Waals surface area (Å²) in [5.74, 6) is 0.802. The molecule has 5 nitrogen and oxygen atoms in total. The highest BCUT2D eigenvalue weighted by Crippen LogP contribution is 2.27. The molecule has 144 valence electrons. The Labute approximate surface area is 169 Å². The molecule has 0 spiro atoms. The number of aromatic nitrogens is 2. The molecule has 0 atom stereocenters. The number of anilines is 3. The zero-order valence-electron chi connectivity index (χ0n) is 16.4. The van der Waals surface area contributed by atoms with Crippen LogP contribution in [0.4, 0.5) is 17.2 Å². The first-order chi connectivity index (χ1) is 14.1.